The summed E-state index contributed by atoms with van der Waals surface area (Å²) in [7, 11) is 5.46. The summed E-state index contributed by atoms with van der Waals surface area (Å²) < 4.78 is 0. The van der Waals surface area contributed by atoms with Crippen molar-refractivity contribution in [1.29, 1.82) is 0 Å². The zero-order chi connectivity index (χ0) is 11.7. The molecule has 0 unspecified atom stereocenters. The van der Waals surface area contributed by atoms with Gasteiger partial charge in [-0.25, -0.2) is 9.97 Å². The Kier molecular flexibility index (Phi) is 2.29. The number of hydrogen-bond donors (Lipinski definition) is 0. The van der Waals surface area contributed by atoms with Gasteiger partial charge >= 0.3 is 0 Å². The minimum absolute atomic E-state index is 0.257. The van der Waals surface area contributed by atoms with Crippen LogP contribution in [0.3, 0.4) is 0 Å². The molecule has 2 aromatic heterocycles. The van der Waals surface area contributed by atoms with Crippen molar-refractivity contribution in [2.75, 3.05) is 0 Å². The molecule has 5 heteroatoms. The highest BCUT2D eigenvalue weighted by molar-refractivity contribution is 6.28. The monoisotopic (exact) mass is 218 g/mol. The molecular weight excluding hydrogens is 211 g/mol. The molecule has 3 rings (SSSR count). The Labute approximate surface area is 99.2 Å². The SMILES string of the molecule is [B]c1ncc(-c2ncnc3ccccc23)cn1. The van der Waals surface area contributed by atoms with E-state index in [2.05, 4.69) is 19.9 Å². The Bertz CT molecular complexity index is 661. The topological polar surface area (TPSA) is 51.6 Å². The number of aromatic nitrogens is 4. The number of benzene rings is 1. The van der Waals surface area contributed by atoms with E-state index >= 15 is 0 Å². The van der Waals surface area contributed by atoms with Gasteiger partial charge in [-0.3, -0.25) is 9.97 Å². The largest absolute Gasteiger partial charge is 0.253 e. The van der Waals surface area contributed by atoms with Gasteiger partial charge in [-0.05, 0) is 6.07 Å². The zero-order valence-electron chi connectivity index (χ0n) is 8.91. The molecule has 4 nitrogen and oxygen atoms in total. The van der Waals surface area contributed by atoms with Crippen LogP contribution in [0.2, 0.25) is 0 Å². The molecule has 0 aliphatic rings. The number of nitrogens with zero attached hydrogens (tertiary/aromatic N) is 4. The van der Waals surface area contributed by atoms with Crippen LogP contribution in [-0.2, 0) is 0 Å². The van der Waals surface area contributed by atoms with E-state index in [0.717, 1.165) is 22.2 Å². The summed E-state index contributed by atoms with van der Waals surface area (Å²) in [6.07, 6.45) is 4.86. The van der Waals surface area contributed by atoms with E-state index in [9.17, 15) is 0 Å². The lowest BCUT2D eigenvalue weighted by atomic mass is 10.1. The van der Waals surface area contributed by atoms with Crippen LogP contribution in [0.4, 0.5) is 0 Å². The molecule has 2 heterocycles. The van der Waals surface area contributed by atoms with Crippen molar-refractivity contribution < 1.29 is 0 Å². The van der Waals surface area contributed by atoms with Crippen LogP contribution in [0.15, 0.2) is 43.0 Å². The maximum atomic E-state index is 5.46. The smallest absolute Gasteiger partial charge is 0.170 e. The maximum Gasteiger partial charge on any atom is 0.170 e. The lowest BCUT2D eigenvalue weighted by Gasteiger charge is -2.04. The Morgan fingerprint density at radius 3 is 2.47 bits per heavy atom. The molecule has 0 saturated heterocycles. The molecule has 0 bridgehead atoms. The summed E-state index contributed by atoms with van der Waals surface area (Å²) in [6.45, 7) is 0. The van der Waals surface area contributed by atoms with Gasteiger partial charge in [-0.2, -0.15) is 0 Å². The first-order valence-corrected chi connectivity index (χ1v) is 5.12. The van der Waals surface area contributed by atoms with Crippen LogP contribution in [-0.4, -0.2) is 27.8 Å². The van der Waals surface area contributed by atoms with Crippen molar-refractivity contribution in [2.45, 2.75) is 0 Å². The molecule has 0 aliphatic heterocycles. The van der Waals surface area contributed by atoms with Crippen LogP contribution < -0.4 is 5.72 Å². The summed E-state index contributed by atoms with van der Waals surface area (Å²) in [5.74, 6) is 0. The van der Waals surface area contributed by atoms with Gasteiger partial charge in [0, 0.05) is 23.3 Å². The van der Waals surface area contributed by atoms with Crippen molar-refractivity contribution in [1.82, 2.24) is 19.9 Å². The molecule has 0 N–H and O–H groups in total. The lowest BCUT2D eigenvalue weighted by molar-refractivity contribution is 1.19. The number of fused-ring (bicyclic) bond motifs is 1. The molecule has 0 spiro atoms. The van der Waals surface area contributed by atoms with Crippen molar-refractivity contribution in [3.8, 4) is 11.3 Å². The zero-order valence-corrected chi connectivity index (χ0v) is 8.91. The summed E-state index contributed by atoms with van der Waals surface area (Å²) in [5.41, 5.74) is 2.80. The lowest BCUT2D eigenvalue weighted by Crippen LogP contribution is -2.11. The van der Waals surface area contributed by atoms with Crippen molar-refractivity contribution in [3.63, 3.8) is 0 Å². The highest BCUT2D eigenvalue weighted by atomic mass is 14.9. The van der Waals surface area contributed by atoms with E-state index in [1.807, 2.05) is 24.3 Å². The minimum atomic E-state index is 0.257. The van der Waals surface area contributed by atoms with Crippen LogP contribution in [0.5, 0.6) is 0 Å². The normalized spacial score (nSPS) is 10.6. The molecule has 17 heavy (non-hydrogen) atoms. The number of para-hydroxylation sites is 1. The van der Waals surface area contributed by atoms with Gasteiger partial charge in [-0.1, -0.05) is 18.2 Å². The Morgan fingerprint density at radius 1 is 0.882 bits per heavy atom. The van der Waals surface area contributed by atoms with E-state index in [-0.39, 0.29) is 5.72 Å². The second-order valence-corrected chi connectivity index (χ2v) is 3.57. The fourth-order valence-electron chi connectivity index (χ4n) is 1.70. The standard InChI is InChI=1S/C12H7BN4/c13-12-14-5-8(6-15-12)11-9-3-1-2-4-10(9)16-7-17-11/h1-7H. The molecule has 0 atom stereocenters. The average molecular weight is 218 g/mol. The predicted octanol–water partition coefficient (Wildman–Crippen LogP) is 0.881. The van der Waals surface area contributed by atoms with Crippen molar-refractivity contribution in [2.24, 2.45) is 0 Å². The molecule has 0 fully saturated rings. The van der Waals surface area contributed by atoms with E-state index in [4.69, 9.17) is 7.85 Å². The van der Waals surface area contributed by atoms with E-state index in [1.165, 1.54) is 6.33 Å². The van der Waals surface area contributed by atoms with Crippen LogP contribution >= 0.6 is 0 Å². The van der Waals surface area contributed by atoms with Crippen LogP contribution in [0.25, 0.3) is 22.2 Å². The van der Waals surface area contributed by atoms with Gasteiger partial charge in [0.25, 0.3) is 0 Å². The van der Waals surface area contributed by atoms with Gasteiger partial charge < -0.3 is 0 Å². The van der Waals surface area contributed by atoms with Crippen LogP contribution in [0, 0.1) is 0 Å². The van der Waals surface area contributed by atoms with Crippen LogP contribution in [0.1, 0.15) is 0 Å². The third-order valence-electron chi connectivity index (χ3n) is 2.49. The Hall–Kier alpha value is -2.30. The van der Waals surface area contributed by atoms with Gasteiger partial charge in [0.15, 0.2) is 7.85 Å². The second-order valence-electron chi connectivity index (χ2n) is 3.57. The average Bonchev–Trinajstić information content (AvgIpc) is 2.39. The van der Waals surface area contributed by atoms with E-state index < -0.39 is 0 Å². The van der Waals surface area contributed by atoms with Gasteiger partial charge in [0.05, 0.1) is 16.9 Å². The Morgan fingerprint density at radius 2 is 1.65 bits per heavy atom. The number of rotatable bonds is 1. The van der Waals surface area contributed by atoms with E-state index in [0.29, 0.717) is 0 Å². The van der Waals surface area contributed by atoms with E-state index in [1.54, 1.807) is 12.4 Å². The third-order valence-corrected chi connectivity index (χ3v) is 2.49. The summed E-state index contributed by atoms with van der Waals surface area (Å²) in [5, 5.41) is 0.975. The first-order chi connectivity index (χ1) is 8.34. The second kappa shape index (κ2) is 3.94. The summed E-state index contributed by atoms with van der Waals surface area (Å²) in [6, 6.07) is 7.81. The van der Waals surface area contributed by atoms with Gasteiger partial charge in [0.1, 0.15) is 6.33 Å². The van der Waals surface area contributed by atoms with Gasteiger partial charge in [0.2, 0.25) is 0 Å². The Balaban J connectivity index is 2.27. The molecule has 0 aliphatic carbocycles. The first-order valence-electron chi connectivity index (χ1n) is 5.12. The van der Waals surface area contributed by atoms with Gasteiger partial charge in [-0.15, -0.1) is 0 Å². The quantitative estimate of drug-likeness (QED) is 0.569. The fourth-order valence-corrected chi connectivity index (χ4v) is 1.70. The minimum Gasteiger partial charge on any atom is -0.253 e. The van der Waals surface area contributed by atoms with Crippen molar-refractivity contribution >= 4 is 24.5 Å². The molecule has 78 valence electrons. The molecular formula is C12H7BN4. The predicted molar refractivity (Wildman–Crippen MR) is 66.0 cm³/mol. The third kappa shape index (κ3) is 1.76. The summed E-state index contributed by atoms with van der Waals surface area (Å²) in [4.78, 5) is 16.4. The summed E-state index contributed by atoms with van der Waals surface area (Å²) >= 11 is 0. The molecule has 0 saturated carbocycles. The number of hydrogen-bond acceptors (Lipinski definition) is 4. The highest BCUT2D eigenvalue weighted by Crippen LogP contribution is 2.23. The molecule has 2 radical (unpaired) electrons. The maximum absolute atomic E-state index is 5.46. The van der Waals surface area contributed by atoms with Crippen molar-refractivity contribution in [3.05, 3.63) is 43.0 Å². The fraction of sp³-hybridized carbons (Fsp3) is 0. The highest BCUT2D eigenvalue weighted by Gasteiger charge is 2.05. The molecule has 0 amide bonds. The molecule has 3 aromatic rings. The molecule has 1 aromatic carbocycles. The first kappa shape index (κ1) is 9.90.